The van der Waals surface area contributed by atoms with Crippen LogP contribution in [0.4, 0.5) is 0 Å². The Hall–Kier alpha value is -2.23. The Labute approximate surface area is 158 Å². The van der Waals surface area contributed by atoms with Gasteiger partial charge >= 0.3 is 5.97 Å². The molecule has 1 heterocycles. The number of ether oxygens (including phenoxy) is 3. The van der Waals surface area contributed by atoms with E-state index in [-0.39, 0.29) is 0 Å². The monoisotopic (exact) mass is 380 g/mol. The molecule has 0 bridgehead atoms. The van der Waals surface area contributed by atoms with Gasteiger partial charge in [0.1, 0.15) is 0 Å². The molecule has 1 saturated heterocycles. The summed E-state index contributed by atoms with van der Waals surface area (Å²) >= 11 is 5.19. The third-order valence-electron chi connectivity index (χ3n) is 3.64. The van der Waals surface area contributed by atoms with Gasteiger partial charge in [-0.05, 0) is 36.0 Å². The fourth-order valence-electron chi connectivity index (χ4n) is 2.36. The molecule has 0 aliphatic carbocycles. The van der Waals surface area contributed by atoms with Crippen LogP contribution < -0.4 is 20.2 Å². The molecule has 2 rings (SSSR count). The van der Waals surface area contributed by atoms with Gasteiger partial charge in [0.25, 0.3) is 0 Å². The second kappa shape index (κ2) is 10.7. The highest BCUT2D eigenvalue weighted by Crippen LogP contribution is 2.27. The number of rotatable bonds is 7. The highest BCUT2D eigenvalue weighted by Gasteiger charge is 2.09. The summed E-state index contributed by atoms with van der Waals surface area (Å²) in [6.45, 7) is 6.46. The van der Waals surface area contributed by atoms with Crippen molar-refractivity contribution in [2.45, 2.75) is 6.92 Å². The molecule has 26 heavy (non-hydrogen) atoms. The van der Waals surface area contributed by atoms with Crippen LogP contribution in [0, 0.1) is 0 Å². The predicted octanol–water partition coefficient (Wildman–Crippen LogP) is 0.751. The van der Waals surface area contributed by atoms with Crippen molar-refractivity contribution >= 4 is 29.5 Å². The zero-order chi connectivity index (χ0) is 18.8. The van der Waals surface area contributed by atoms with E-state index in [1.807, 2.05) is 0 Å². The quantitative estimate of drug-likeness (QED) is 0.236. The number of methoxy groups -OCH3 is 1. The van der Waals surface area contributed by atoms with Gasteiger partial charge in [0, 0.05) is 33.1 Å². The van der Waals surface area contributed by atoms with Crippen LogP contribution in [0.5, 0.6) is 11.5 Å². The van der Waals surface area contributed by atoms with Crippen LogP contribution in [0.1, 0.15) is 12.5 Å². The van der Waals surface area contributed by atoms with Gasteiger partial charge in [-0.2, -0.15) is 5.10 Å². The minimum Gasteiger partial charge on any atom is -0.493 e. The fourth-order valence-corrected chi connectivity index (χ4v) is 2.52. The maximum atomic E-state index is 11.1. The standard InChI is InChI=1S/C17H24N4O4S/c1-13(22)25-15-4-3-14(11-16(15)23-2)12-19-20-17(26)18-5-6-21-7-9-24-10-8-21/h3-4,11-12H,5-10H2,1-2H3,(H2,18,20,26)/b19-12-. The molecule has 2 N–H and O–H groups in total. The summed E-state index contributed by atoms with van der Waals surface area (Å²) in [7, 11) is 1.51. The second-order valence-electron chi connectivity index (χ2n) is 5.58. The Morgan fingerprint density at radius 2 is 2.15 bits per heavy atom. The molecule has 1 aromatic rings. The first-order valence-electron chi connectivity index (χ1n) is 8.32. The van der Waals surface area contributed by atoms with Crippen LogP contribution in [0.15, 0.2) is 23.3 Å². The first-order valence-corrected chi connectivity index (χ1v) is 8.73. The topological polar surface area (TPSA) is 84.4 Å². The summed E-state index contributed by atoms with van der Waals surface area (Å²) in [4.78, 5) is 13.4. The van der Waals surface area contributed by atoms with Crippen LogP contribution in [0.3, 0.4) is 0 Å². The van der Waals surface area contributed by atoms with E-state index in [1.165, 1.54) is 14.0 Å². The molecule has 0 saturated carbocycles. The van der Waals surface area contributed by atoms with Gasteiger partial charge in [-0.3, -0.25) is 15.1 Å². The Bertz CT molecular complexity index is 648. The lowest BCUT2D eigenvalue weighted by Crippen LogP contribution is -2.42. The summed E-state index contributed by atoms with van der Waals surface area (Å²) in [6.07, 6.45) is 1.61. The van der Waals surface area contributed by atoms with Crippen LogP contribution in [-0.2, 0) is 9.53 Å². The maximum absolute atomic E-state index is 11.1. The number of hydrogen-bond donors (Lipinski definition) is 2. The van der Waals surface area contributed by atoms with Crippen LogP contribution in [-0.4, -0.2) is 68.7 Å². The zero-order valence-electron chi connectivity index (χ0n) is 15.0. The molecular weight excluding hydrogens is 356 g/mol. The number of nitrogens with zero attached hydrogens (tertiary/aromatic N) is 2. The molecule has 0 unspecified atom stereocenters. The number of hydrazone groups is 1. The SMILES string of the molecule is COc1cc(/C=N\NC(=S)NCCN2CCOCC2)ccc1OC(C)=O. The molecule has 0 atom stereocenters. The van der Waals surface area contributed by atoms with Crippen molar-refractivity contribution in [3.05, 3.63) is 23.8 Å². The lowest BCUT2D eigenvalue weighted by Gasteiger charge is -2.26. The number of hydrogen-bond acceptors (Lipinski definition) is 7. The van der Waals surface area contributed by atoms with Gasteiger partial charge < -0.3 is 19.5 Å². The number of nitrogens with one attached hydrogen (secondary N) is 2. The lowest BCUT2D eigenvalue weighted by atomic mass is 10.2. The van der Waals surface area contributed by atoms with E-state index in [9.17, 15) is 4.79 Å². The summed E-state index contributed by atoms with van der Waals surface area (Å²) in [5.74, 6) is 0.417. The molecule has 142 valence electrons. The van der Waals surface area contributed by atoms with Crippen molar-refractivity contribution in [3.63, 3.8) is 0 Å². The maximum Gasteiger partial charge on any atom is 0.308 e. The van der Waals surface area contributed by atoms with Crippen molar-refractivity contribution in [1.29, 1.82) is 0 Å². The van der Waals surface area contributed by atoms with Gasteiger partial charge in [-0.1, -0.05) is 0 Å². The molecule has 1 aliphatic heterocycles. The average Bonchev–Trinajstić information content (AvgIpc) is 2.63. The number of thiocarbonyl (C=S) groups is 1. The number of esters is 1. The number of morpholine rings is 1. The van der Waals surface area contributed by atoms with E-state index >= 15 is 0 Å². The molecule has 0 amide bonds. The first kappa shape index (κ1) is 20.1. The van der Waals surface area contributed by atoms with E-state index in [0.717, 1.165) is 45.0 Å². The normalized spacial score (nSPS) is 14.8. The van der Waals surface area contributed by atoms with Gasteiger partial charge in [0.2, 0.25) is 0 Å². The highest BCUT2D eigenvalue weighted by atomic mass is 32.1. The van der Waals surface area contributed by atoms with Gasteiger partial charge in [-0.25, -0.2) is 0 Å². The summed E-state index contributed by atoms with van der Waals surface area (Å²) in [5.41, 5.74) is 3.55. The number of carbonyl (C=O) groups excluding carboxylic acids is 1. The van der Waals surface area contributed by atoms with Crippen LogP contribution in [0.25, 0.3) is 0 Å². The molecule has 1 aromatic carbocycles. The lowest BCUT2D eigenvalue weighted by molar-refractivity contribution is -0.132. The van der Waals surface area contributed by atoms with E-state index in [4.69, 9.17) is 26.4 Å². The van der Waals surface area contributed by atoms with Crippen LogP contribution >= 0.6 is 12.2 Å². The molecule has 1 fully saturated rings. The summed E-state index contributed by atoms with van der Waals surface area (Å²) in [5, 5.41) is 7.67. The number of benzene rings is 1. The number of carbonyl (C=O) groups is 1. The van der Waals surface area contributed by atoms with E-state index in [0.29, 0.717) is 16.6 Å². The van der Waals surface area contributed by atoms with Crippen molar-refractivity contribution in [3.8, 4) is 11.5 Å². The molecule has 0 radical (unpaired) electrons. The van der Waals surface area contributed by atoms with Crippen LogP contribution in [0.2, 0.25) is 0 Å². The minimum atomic E-state index is -0.403. The first-order chi connectivity index (χ1) is 12.6. The smallest absolute Gasteiger partial charge is 0.308 e. The van der Waals surface area contributed by atoms with Crippen molar-refractivity contribution in [2.24, 2.45) is 5.10 Å². The predicted molar refractivity (Wildman–Crippen MR) is 103 cm³/mol. The molecule has 0 aromatic heterocycles. The van der Waals surface area contributed by atoms with Gasteiger partial charge in [0.05, 0.1) is 26.5 Å². The third-order valence-corrected chi connectivity index (χ3v) is 3.87. The van der Waals surface area contributed by atoms with E-state index in [1.54, 1.807) is 24.4 Å². The Kier molecular flexibility index (Phi) is 8.26. The molecule has 1 aliphatic rings. The van der Waals surface area contributed by atoms with Gasteiger partial charge in [0.15, 0.2) is 16.6 Å². The Balaban J connectivity index is 1.76. The van der Waals surface area contributed by atoms with Crippen molar-refractivity contribution in [1.82, 2.24) is 15.6 Å². The molecular formula is C17H24N4O4S. The summed E-state index contributed by atoms with van der Waals surface area (Å²) in [6, 6.07) is 5.14. The minimum absolute atomic E-state index is 0.366. The van der Waals surface area contributed by atoms with Crippen molar-refractivity contribution in [2.75, 3.05) is 46.5 Å². The molecule has 8 nitrogen and oxygen atoms in total. The highest BCUT2D eigenvalue weighted by molar-refractivity contribution is 7.80. The summed E-state index contributed by atoms with van der Waals surface area (Å²) < 4.78 is 15.6. The van der Waals surface area contributed by atoms with E-state index < -0.39 is 5.97 Å². The van der Waals surface area contributed by atoms with Gasteiger partial charge in [-0.15, -0.1) is 0 Å². The Morgan fingerprint density at radius 1 is 1.38 bits per heavy atom. The van der Waals surface area contributed by atoms with E-state index in [2.05, 4.69) is 20.7 Å². The average molecular weight is 380 g/mol. The third kappa shape index (κ3) is 6.95. The largest absolute Gasteiger partial charge is 0.493 e. The molecule has 9 heteroatoms. The molecule has 0 spiro atoms. The second-order valence-corrected chi connectivity index (χ2v) is 5.99. The zero-order valence-corrected chi connectivity index (χ0v) is 15.8. The fraction of sp³-hybridized carbons (Fsp3) is 0.471. The Morgan fingerprint density at radius 3 is 2.85 bits per heavy atom. The van der Waals surface area contributed by atoms with Crippen molar-refractivity contribution < 1.29 is 19.0 Å².